The molecule has 2 heterocycles. The van der Waals surface area contributed by atoms with Crippen molar-refractivity contribution < 1.29 is 36.2 Å². The highest BCUT2D eigenvalue weighted by atomic mass is 35.5. The fourth-order valence-corrected chi connectivity index (χ4v) is 9.77. The number of anilines is 1. The third kappa shape index (κ3) is 6.35. The van der Waals surface area contributed by atoms with Crippen LogP contribution in [0.3, 0.4) is 0 Å². The highest BCUT2D eigenvalue weighted by molar-refractivity contribution is 7.90. The summed E-state index contributed by atoms with van der Waals surface area (Å²) in [4.78, 5) is 15.5. The molecule has 0 saturated heterocycles. The van der Waals surface area contributed by atoms with Gasteiger partial charge in [0.2, 0.25) is 10.0 Å². The summed E-state index contributed by atoms with van der Waals surface area (Å²) in [6.45, 7) is 4.52. The Bertz CT molecular complexity index is 1590. The van der Waals surface area contributed by atoms with Gasteiger partial charge in [-0.2, -0.15) is 13.2 Å². The summed E-state index contributed by atoms with van der Waals surface area (Å²) in [6, 6.07) is 10.8. The lowest BCUT2D eigenvalue weighted by molar-refractivity contribution is -0.231. The first-order chi connectivity index (χ1) is 21.7. The summed E-state index contributed by atoms with van der Waals surface area (Å²) >= 11 is 6.36. The first-order valence-corrected chi connectivity index (χ1v) is 18.2. The van der Waals surface area contributed by atoms with Crippen LogP contribution in [0, 0.1) is 23.7 Å². The molecule has 7 nitrogen and oxygen atoms in total. The SMILES string of the molecule is C[C@@H]1[C@@H](C)CCC[C@@H]([C@H](O)C(F)(F)F)[C@@H]2CC[C@H]2CN2C[C@@]3(CCCc4cc(Cl)ccc43)COc3ccc(cc32)C(=O)NS1(=O)=O. The van der Waals surface area contributed by atoms with E-state index >= 15 is 0 Å². The molecule has 1 fully saturated rings. The van der Waals surface area contributed by atoms with E-state index in [1.54, 1.807) is 25.1 Å². The Hall–Kier alpha value is -2.50. The maximum atomic E-state index is 14.0. The summed E-state index contributed by atoms with van der Waals surface area (Å²) in [7, 11) is -4.08. The maximum absolute atomic E-state index is 14.0. The number of aliphatic hydroxyl groups is 1. The van der Waals surface area contributed by atoms with Gasteiger partial charge >= 0.3 is 6.18 Å². The van der Waals surface area contributed by atoms with Crippen molar-refractivity contribution in [1.29, 1.82) is 0 Å². The molecule has 2 aliphatic heterocycles. The van der Waals surface area contributed by atoms with E-state index < -0.39 is 50.7 Å². The van der Waals surface area contributed by atoms with Crippen LogP contribution in [0.5, 0.6) is 5.75 Å². The third-order valence-corrected chi connectivity index (χ3v) is 13.4. The number of fused-ring (bicyclic) bond motifs is 4. The van der Waals surface area contributed by atoms with Crippen molar-refractivity contribution in [2.24, 2.45) is 23.7 Å². The minimum Gasteiger partial charge on any atom is -0.490 e. The van der Waals surface area contributed by atoms with Crippen LogP contribution in [0.25, 0.3) is 0 Å². The van der Waals surface area contributed by atoms with Gasteiger partial charge in [0.05, 0.1) is 17.5 Å². The number of hydrogen-bond acceptors (Lipinski definition) is 6. The summed E-state index contributed by atoms with van der Waals surface area (Å²) in [6.07, 6.45) is -2.47. The fraction of sp³-hybridized carbons (Fsp3) is 0.618. The predicted molar refractivity (Wildman–Crippen MR) is 171 cm³/mol. The Morgan fingerprint density at radius 3 is 2.59 bits per heavy atom. The van der Waals surface area contributed by atoms with Gasteiger partial charge in [-0.25, -0.2) is 13.1 Å². The van der Waals surface area contributed by atoms with E-state index in [4.69, 9.17) is 16.3 Å². The van der Waals surface area contributed by atoms with Gasteiger partial charge < -0.3 is 14.7 Å². The number of aryl methyl sites for hydroxylation is 1. The number of sulfonamides is 1. The van der Waals surface area contributed by atoms with Gasteiger partial charge in [0.1, 0.15) is 5.75 Å². The number of ether oxygens (including phenoxy) is 1. The van der Waals surface area contributed by atoms with Crippen molar-refractivity contribution in [3.63, 3.8) is 0 Å². The molecule has 7 atom stereocenters. The van der Waals surface area contributed by atoms with Crippen LogP contribution < -0.4 is 14.4 Å². The van der Waals surface area contributed by atoms with Gasteiger partial charge in [0.15, 0.2) is 6.10 Å². The Labute approximate surface area is 273 Å². The number of halogens is 4. The number of benzene rings is 2. The monoisotopic (exact) mass is 682 g/mol. The summed E-state index contributed by atoms with van der Waals surface area (Å²) in [5, 5.41) is 10.3. The summed E-state index contributed by atoms with van der Waals surface area (Å²) in [5.41, 5.74) is 2.61. The zero-order valence-corrected chi connectivity index (χ0v) is 27.7. The van der Waals surface area contributed by atoms with Crippen LogP contribution in [0.1, 0.15) is 80.3 Å². The maximum Gasteiger partial charge on any atom is 0.414 e. The zero-order valence-electron chi connectivity index (χ0n) is 26.2. The number of carbonyl (C=O) groups is 1. The zero-order chi connectivity index (χ0) is 33.0. The molecule has 0 radical (unpaired) electrons. The lowest BCUT2D eigenvalue weighted by Crippen LogP contribution is -2.51. The molecule has 0 unspecified atom stereocenters. The van der Waals surface area contributed by atoms with Gasteiger partial charge in [0.25, 0.3) is 5.91 Å². The predicted octanol–water partition coefficient (Wildman–Crippen LogP) is 6.65. The topological polar surface area (TPSA) is 95.9 Å². The molecule has 1 saturated carbocycles. The van der Waals surface area contributed by atoms with Crippen LogP contribution in [-0.4, -0.2) is 56.7 Å². The van der Waals surface area contributed by atoms with Crippen LogP contribution in [0.4, 0.5) is 18.9 Å². The van der Waals surface area contributed by atoms with E-state index in [0.717, 1.165) is 36.8 Å². The van der Waals surface area contributed by atoms with E-state index in [-0.39, 0.29) is 23.8 Å². The van der Waals surface area contributed by atoms with Crippen molar-refractivity contribution in [2.45, 2.75) is 88.2 Å². The van der Waals surface area contributed by atoms with E-state index in [1.807, 2.05) is 18.2 Å². The molecule has 0 aromatic heterocycles. The number of amides is 1. The highest BCUT2D eigenvalue weighted by Gasteiger charge is 2.51. The van der Waals surface area contributed by atoms with Crippen molar-refractivity contribution in [2.75, 3.05) is 24.6 Å². The van der Waals surface area contributed by atoms with Gasteiger partial charge in [-0.05, 0) is 117 Å². The molecule has 2 aromatic rings. The van der Waals surface area contributed by atoms with Gasteiger partial charge in [0, 0.05) is 29.1 Å². The molecular weight excluding hydrogens is 641 g/mol. The molecule has 252 valence electrons. The normalized spacial score (nSPS) is 32.2. The fourth-order valence-electron chi connectivity index (χ4n) is 8.27. The molecule has 2 aromatic carbocycles. The largest absolute Gasteiger partial charge is 0.490 e. The van der Waals surface area contributed by atoms with Crippen molar-refractivity contribution >= 4 is 33.2 Å². The number of nitrogens with one attached hydrogen (secondary N) is 1. The molecule has 2 N–H and O–H groups in total. The average Bonchev–Trinajstić information content (AvgIpc) is 3.13. The van der Waals surface area contributed by atoms with Gasteiger partial charge in [-0.1, -0.05) is 31.0 Å². The average molecular weight is 683 g/mol. The number of carbonyl (C=O) groups excluding carboxylic acids is 1. The molecule has 2 bridgehead atoms. The van der Waals surface area contributed by atoms with Crippen molar-refractivity contribution in [3.05, 3.63) is 58.1 Å². The van der Waals surface area contributed by atoms with Crippen molar-refractivity contribution in [1.82, 2.24) is 4.72 Å². The van der Waals surface area contributed by atoms with Crippen LogP contribution in [0.2, 0.25) is 5.02 Å². The molecule has 2 aliphatic carbocycles. The lowest BCUT2D eigenvalue weighted by atomic mass is 9.63. The number of nitrogens with zero attached hydrogens (tertiary/aromatic N) is 1. The first kappa shape index (κ1) is 33.4. The molecule has 12 heteroatoms. The third-order valence-electron chi connectivity index (χ3n) is 11.2. The Morgan fingerprint density at radius 1 is 1.09 bits per heavy atom. The van der Waals surface area contributed by atoms with Crippen LogP contribution >= 0.6 is 11.6 Å². The number of rotatable bonds is 1. The minimum absolute atomic E-state index is 0.111. The molecule has 6 rings (SSSR count). The molecular formula is C34H42ClF3N2O5S. The second-order valence-corrected chi connectivity index (χ2v) is 16.5. The Kier molecular flexibility index (Phi) is 9.08. The smallest absolute Gasteiger partial charge is 0.414 e. The van der Waals surface area contributed by atoms with E-state index in [9.17, 15) is 31.5 Å². The van der Waals surface area contributed by atoms with E-state index in [1.165, 1.54) is 6.92 Å². The van der Waals surface area contributed by atoms with E-state index in [0.29, 0.717) is 55.4 Å². The van der Waals surface area contributed by atoms with Crippen molar-refractivity contribution in [3.8, 4) is 5.75 Å². The Balaban J connectivity index is 1.43. The van der Waals surface area contributed by atoms with Gasteiger partial charge in [-0.3, -0.25) is 4.79 Å². The van der Waals surface area contributed by atoms with E-state index in [2.05, 4.69) is 9.62 Å². The lowest BCUT2D eigenvalue weighted by Gasteiger charge is -2.48. The second-order valence-electron chi connectivity index (χ2n) is 14.0. The Morgan fingerprint density at radius 2 is 1.87 bits per heavy atom. The van der Waals surface area contributed by atoms with Crippen LogP contribution in [-0.2, 0) is 21.9 Å². The quantitative estimate of drug-likeness (QED) is 0.350. The first-order valence-electron chi connectivity index (χ1n) is 16.3. The molecule has 1 amide bonds. The van der Waals surface area contributed by atoms with Gasteiger partial charge in [-0.15, -0.1) is 0 Å². The number of alkyl halides is 3. The summed E-state index contributed by atoms with van der Waals surface area (Å²) < 4.78 is 77.3. The number of aliphatic hydroxyl groups excluding tert-OH is 1. The van der Waals surface area contributed by atoms with Crippen LogP contribution in [0.15, 0.2) is 36.4 Å². The molecule has 46 heavy (non-hydrogen) atoms. The molecule has 1 spiro atoms. The highest BCUT2D eigenvalue weighted by Crippen LogP contribution is 2.49. The second kappa shape index (κ2) is 12.5. The number of hydrogen-bond donors (Lipinski definition) is 2. The standard InChI is InChI=1S/C34H42ClF3N2O5S/c1-20-5-3-7-27(31(41)34(36,37)38)26-11-8-24(26)17-40-18-33(14-4-6-22-15-25(35)10-12-28(22)33)19-45-30-13-9-23(16-29(30)40)32(42)39-46(43,44)21(20)2/h9-10,12-13,15-16,20-21,24,26-27,31,41H,3-8,11,14,17-19H2,1-2H3,(H,39,42)/t20-,21+,24-,26+,27+,31-,33-/m0/s1. The summed E-state index contributed by atoms with van der Waals surface area (Å²) in [5.74, 6) is -2.08. The minimum atomic E-state index is -4.76. The molecule has 4 aliphatic rings.